The molecule has 96 valence electrons. The van der Waals surface area contributed by atoms with E-state index in [4.69, 9.17) is 0 Å². The second-order valence-corrected chi connectivity index (χ2v) is 5.84. The van der Waals surface area contributed by atoms with Crippen LogP contribution in [0.2, 0.25) is 0 Å². The molecule has 0 saturated heterocycles. The first-order valence-corrected chi connectivity index (χ1v) is 6.64. The summed E-state index contributed by atoms with van der Waals surface area (Å²) in [4.78, 5) is 4.31. The van der Waals surface area contributed by atoms with Gasteiger partial charge in [-0.25, -0.2) is 9.67 Å². The molecule has 17 heavy (non-hydrogen) atoms. The lowest BCUT2D eigenvalue weighted by Gasteiger charge is -2.20. The maximum Gasteiger partial charge on any atom is 0.141 e. The number of nitrogens with one attached hydrogen (secondary N) is 1. The van der Waals surface area contributed by atoms with Gasteiger partial charge < -0.3 is 5.32 Å². The molecule has 0 aromatic carbocycles. The Balaban J connectivity index is 1.84. The summed E-state index contributed by atoms with van der Waals surface area (Å²) < 4.78 is 1.99. The summed E-state index contributed by atoms with van der Waals surface area (Å²) in [6.45, 7) is 10.8. The van der Waals surface area contributed by atoms with Crippen molar-refractivity contribution in [3.05, 3.63) is 12.2 Å². The molecule has 1 aromatic rings. The minimum atomic E-state index is 0.384. The number of hydrogen-bond acceptors (Lipinski definition) is 3. The normalized spacial score (nSPS) is 18.0. The van der Waals surface area contributed by atoms with E-state index in [9.17, 15) is 0 Å². The molecule has 1 aliphatic carbocycles. The van der Waals surface area contributed by atoms with Gasteiger partial charge >= 0.3 is 0 Å². The highest BCUT2D eigenvalue weighted by atomic mass is 15.4. The van der Waals surface area contributed by atoms with Gasteiger partial charge in [-0.05, 0) is 38.0 Å². The second-order valence-electron chi connectivity index (χ2n) is 5.84. The summed E-state index contributed by atoms with van der Waals surface area (Å²) in [5.41, 5.74) is 0.558. The molecule has 0 bridgehead atoms. The summed E-state index contributed by atoms with van der Waals surface area (Å²) in [5, 5.41) is 7.79. The Bertz CT molecular complexity index is 363. The monoisotopic (exact) mass is 236 g/mol. The fourth-order valence-corrected chi connectivity index (χ4v) is 2.37. The molecule has 0 unspecified atom stereocenters. The van der Waals surface area contributed by atoms with E-state index in [0.717, 1.165) is 24.8 Å². The summed E-state index contributed by atoms with van der Waals surface area (Å²) in [5.74, 6) is 1.82. The molecular weight excluding hydrogens is 212 g/mol. The highest BCUT2D eigenvalue weighted by molar-refractivity contribution is 4.97. The Kier molecular flexibility index (Phi) is 3.52. The van der Waals surface area contributed by atoms with E-state index in [1.807, 2.05) is 4.68 Å². The van der Waals surface area contributed by atoms with Crippen molar-refractivity contribution < 1.29 is 0 Å². The number of aromatic nitrogens is 3. The average molecular weight is 236 g/mol. The van der Waals surface area contributed by atoms with Crippen molar-refractivity contribution in [1.29, 1.82) is 0 Å². The molecule has 1 aliphatic rings. The standard InChI is InChI=1S/C13H24N4/c1-10(2)13(5-6-13)8-14-7-12-15-9-16-17(12)11(3)4/h9-11,14H,5-8H2,1-4H3. The van der Waals surface area contributed by atoms with E-state index in [1.54, 1.807) is 6.33 Å². The van der Waals surface area contributed by atoms with Gasteiger partial charge in [-0.15, -0.1) is 0 Å². The molecule has 0 aliphatic heterocycles. The van der Waals surface area contributed by atoms with Crippen LogP contribution in [0, 0.1) is 11.3 Å². The Hall–Kier alpha value is -0.900. The fourth-order valence-electron chi connectivity index (χ4n) is 2.37. The lowest BCUT2D eigenvalue weighted by Crippen LogP contribution is -2.28. The highest BCUT2D eigenvalue weighted by Crippen LogP contribution is 2.51. The average Bonchev–Trinajstić information content (AvgIpc) is 2.89. The van der Waals surface area contributed by atoms with E-state index < -0.39 is 0 Å². The zero-order valence-corrected chi connectivity index (χ0v) is 11.4. The van der Waals surface area contributed by atoms with Crippen molar-refractivity contribution in [2.45, 2.75) is 53.1 Å². The van der Waals surface area contributed by atoms with E-state index in [-0.39, 0.29) is 0 Å². The van der Waals surface area contributed by atoms with E-state index in [0.29, 0.717) is 11.5 Å². The van der Waals surface area contributed by atoms with E-state index in [2.05, 4.69) is 43.1 Å². The second kappa shape index (κ2) is 4.77. The minimum absolute atomic E-state index is 0.384. The first-order chi connectivity index (χ1) is 8.05. The van der Waals surface area contributed by atoms with Gasteiger partial charge in [-0.2, -0.15) is 5.10 Å². The molecule has 0 spiro atoms. The molecule has 0 amide bonds. The molecular formula is C13H24N4. The predicted molar refractivity (Wildman–Crippen MR) is 68.6 cm³/mol. The topological polar surface area (TPSA) is 42.7 Å². The molecule has 1 heterocycles. The number of nitrogens with zero attached hydrogens (tertiary/aromatic N) is 3. The van der Waals surface area contributed by atoms with Crippen molar-refractivity contribution in [2.24, 2.45) is 11.3 Å². The van der Waals surface area contributed by atoms with Gasteiger partial charge in [0.15, 0.2) is 0 Å². The van der Waals surface area contributed by atoms with Crippen LogP contribution in [0.4, 0.5) is 0 Å². The predicted octanol–water partition coefficient (Wildman–Crippen LogP) is 2.38. The van der Waals surface area contributed by atoms with Gasteiger partial charge in [-0.3, -0.25) is 0 Å². The molecule has 4 nitrogen and oxygen atoms in total. The third-order valence-corrected chi connectivity index (χ3v) is 4.01. The van der Waals surface area contributed by atoms with Crippen LogP contribution < -0.4 is 5.32 Å². The quantitative estimate of drug-likeness (QED) is 0.824. The number of rotatable bonds is 6. The zero-order valence-electron chi connectivity index (χ0n) is 11.4. The lowest BCUT2D eigenvalue weighted by atomic mass is 9.92. The van der Waals surface area contributed by atoms with Crippen molar-refractivity contribution in [3.63, 3.8) is 0 Å². The van der Waals surface area contributed by atoms with Crippen LogP contribution in [0.1, 0.15) is 52.4 Å². The van der Waals surface area contributed by atoms with Crippen LogP contribution in [0.5, 0.6) is 0 Å². The summed E-state index contributed by atoms with van der Waals surface area (Å²) in [7, 11) is 0. The van der Waals surface area contributed by atoms with Crippen LogP contribution in [0.3, 0.4) is 0 Å². The molecule has 4 heteroatoms. The molecule has 1 saturated carbocycles. The Morgan fingerprint density at radius 2 is 2.06 bits per heavy atom. The molecule has 1 fully saturated rings. The minimum Gasteiger partial charge on any atom is -0.309 e. The van der Waals surface area contributed by atoms with Gasteiger partial charge in [0.1, 0.15) is 12.2 Å². The fraction of sp³-hybridized carbons (Fsp3) is 0.846. The molecule has 0 atom stereocenters. The van der Waals surface area contributed by atoms with Gasteiger partial charge in [-0.1, -0.05) is 13.8 Å². The van der Waals surface area contributed by atoms with Crippen LogP contribution in [-0.2, 0) is 6.54 Å². The van der Waals surface area contributed by atoms with Crippen LogP contribution in [0.15, 0.2) is 6.33 Å². The number of hydrogen-bond donors (Lipinski definition) is 1. The largest absolute Gasteiger partial charge is 0.309 e. The molecule has 2 rings (SSSR count). The van der Waals surface area contributed by atoms with E-state index in [1.165, 1.54) is 12.8 Å². The van der Waals surface area contributed by atoms with Crippen molar-refractivity contribution >= 4 is 0 Å². The Morgan fingerprint density at radius 1 is 1.35 bits per heavy atom. The highest BCUT2D eigenvalue weighted by Gasteiger charge is 2.44. The first-order valence-electron chi connectivity index (χ1n) is 6.64. The molecule has 1 aromatic heterocycles. The van der Waals surface area contributed by atoms with Crippen LogP contribution in [0.25, 0.3) is 0 Å². The summed E-state index contributed by atoms with van der Waals surface area (Å²) in [6, 6.07) is 0.384. The first kappa shape index (κ1) is 12.6. The molecule has 0 radical (unpaired) electrons. The summed E-state index contributed by atoms with van der Waals surface area (Å²) in [6.07, 6.45) is 4.38. The van der Waals surface area contributed by atoms with Crippen molar-refractivity contribution in [1.82, 2.24) is 20.1 Å². The maximum absolute atomic E-state index is 4.31. The zero-order chi connectivity index (χ0) is 12.5. The van der Waals surface area contributed by atoms with Gasteiger partial charge in [0.25, 0.3) is 0 Å². The van der Waals surface area contributed by atoms with Crippen LogP contribution in [-0.4, -0.2) is 21.3 Å². The third-order valence-electron chi connectivity index (χ3n) is 4.01. The Labute approximate surface area is 104 Å². The SMILES string of the molecule is CC(C)n1ncnc1CNCC1(C(C)C)CC1. The molecule has 1 N–H and O–H groups in total. The van der Waals surface area contributed by atoms with Gasteiger partial charge in [0.05, 0.1) is 6.54 Å². The lowest BCUT2D eigenvalue weighted by molar-refractivity contribution is 0.334. The van der Waals surface area contributed by atoms with Gasteiger partial charge in [0.2, 0.25) is 0 Å². The third kappa shape index (κ3) is 2.68. The van der Waals surface area contributed by atoms with Crippen LogP contribution >= 0.6 is 0 Å². The van der Waals surface area contributed by atoms with E-state index >= 15 is 0 Å². The smallest absolute Gasteiger partial charge is 0.141 e. The van der Waals surface area contributed by atoms with Crippen molar-refractivity contribution in [3.8, 4) is 0 Å². The van der Waals surface area contributed by atoms with Gasteiger partial charge in [0, 0.05) is 12.6 Å². The Morgan fingerprint density at radius 3 is 2.59 bits per heavy atom. The van der Waals surface area contributed by atoms with Crippen molar-refractivity contribution in [2.75, 3.05) is 6.54 Å². The summed E-state index contributed by atoms with van der Waals surface area (Å²) >= 11 is 0. The maximum atomic E-state index is 4.31.